The minimum atomic E-state index is -0.461. The Balaban J connectivity index is 1.52. The van der Waals surface area contributed by atoms with Crippen molar-refractivity contribution >= 4 is 23.4 Å². The SMILES string of the molecule is Cc1ccc(NC(=O)CSc2nnc(C(C)Oc3ccc(F)cc3)n2-c2ccccc2)cc1C. The number of carbonyl (C=O) groups excluding carboxylic acids is 1. The maximum Gasteiger partial charge on any atom is 0.234 e. The van der Waals surface area contributed by atoms with Gasteiger partial charge in [0.15, 0.2) is 17.1 Å². The van der Waals surface area contributed by atoms with Gasteiger partial charge in [0.2, 0.25) is 5.91 Å². The van der Waals surface area contributed by atoms with Crippen LogP contribution in [-0.2, 0) is 4.79 Å². The van der Waals surface area contributed by atoms with Crippen LogP contribution in [0, 0.1) is 19.7 Å². The van der Waals surface area contributed by atoms with E-state index >= 15 is 0 Å². The van der Waals surface area contributed by atoms with Gasteiger partial charge in [-0.25, -0.2) is 4.39 Å². The van der Waals surface area contributed by atoms with E-state index in [2.05, 4.69) is 15.5 Å². The Morgan fingerprint density at radius 1 is 1.03 bits per heavy atom. The molecule has 1 atom stereocenters. The first-order chi connectivity index (χ1) is 16.4. The number of amides is 1. The molecule has 0 aliphatic carbocycles. The lowest BCUT2D eigenvalue weighted by Crippen LogP contribution is -2.15. The molecule has 1 amide bonds. The van der Waals surface area contributed by atoms with Crippen molar-refractivity contribution in [2.75, 3.05) is 11.1 Å². The fourth-order valence-corrected chi connectivity index (χ4v) is 4.13. The largest absolute Gasteiger partial charge is 0.483 e. The van der Waals surface area contributed by atoms with E-state index in [1.54, 1.807) is 12.1 Å². The summed E-state index contributed by atoms with van der Waals surface area (Å²) in [5.41, 5.74) is 3.91. The molecule has 0 radical (unpaired) electrons. The molecule has 0 saturated carbocycles. The smallest absolute Gasteiger partial charge is 0.234 e. The average Bonchev–Trinajstić information content (AvgIpc) is 3.26. The Morgan fingerprint density at radius 2 is 1.76 bits per heavy atom. The highest BCUT2D eigenvalue weighted by atomic mass is 32.2. The average molecular weight is 477 g/mol. The summed E-state index contributed by atoms with van der Waals surface area (Å²) in [6, 6.07) is 21.3. The molecule has 3 aromatic carbocycles. The topological polar surface area (TPSA) is 69.0 Å². The van der Waals surface area contributed by atoms with E-state index in [1.165, 1.54) is 29.5 Å². The van der Waals surface area contributed by atoms with E-state index in [-0.39, 0.29) is 17.5 Å². The molecule has 6 nitrogen and oxygen atoms in total. The van der Waals surface area contributed by atoms with Gasteiger partial charge >= 0.3 is 0 Å². The third-order valence-corrected chi connectivity index (χ3v) is 6.21. The Kier molecular flexibility index (Phi) is 7.27. The monoisotopic (exact) mass is 476 g/mol. The van der Waals surface area contributed by atoms with E-state index in [4.69, 9.17) is 4.74 Å². The van der Waals surface area contributed by atoms with Crippen molar-refractivity contribution in [1.82, 2.24) is 14.8 Å². The van der Waals surface area contributed by atoms with E-state index in [0.29, 0.717) is 16.7 Å². The summed E-state index contributed by atoms with van der Waals surface area (Å²) in [7, 11) is 0. The predicted molar refractivity (Wildman–Crippen MR) is 132 cm³/mol. The van der Waals surface area contributed by atoms with Crippen LogP contribution in [0.1, 0.15) is 30.0 Å². The molecule has 4 aromatic rings. The third-order valence-electron chi connectivity index (χ3n) is 5.29. The molecular formula is C26H25FN4O2S. The van der Waals surface area contributed by atoms with Gasteiger partial charge < -0.3 is 10.1 Å². The molecule has 0 aliphatic heterocycles. The number of ether oxygens (including phenoxy) is 1. The molecule has 1 unspecified atom stereocenters. The standard InChI is InChI=1S/C26H25FN4O2S/c1-17-9-12-21(15-18(17)2)28-24(32)16-34-26-30-29-25(31(26)22-7-5-4-6-8-22)19(3)33-23-13-10-20(27)11-14-23/h4-15,19H,16H2,1-3H3,(H,28,32). The maximum atomic E-state index is 13.2. The molecule has 1 heterocycles. The van der Waals surface area contributed by atoms with Crippen LogP contribution in [0.4, 0.5) is 10.1 Å². The highest BCUT2D eigenvalue weighted by Crippen LogP contribution is 2.28. The number of anilines is 1. The highest BCUT2D eigenvalue weighted by Gasteiger charge is 2.21. The fraction of sp³-hybridized carbons (Fsp3) is 0.192. The Bertz CT molecular complexity index is 1280. The normalized spacial score (nSPS) is 11.8. The van der Waals surface area contributed by atoms with Crippen molar-refractivity contribution in [1.29, 1.82) is 0 Å². The summed E-state index contributed by atoms with van der Waals surface area (Å²) in [6.07, 6.45) is -0.461. The second-order valence-corrected chi connectivity index (χ2v) is 8.80. The van der Waals surface area contributed by atoms with Gasteiger partial charge in [-0.15, -0.1) is 10.2 Å². The summed E-state index contributed by atoms with van der Waals surface area (Å²) in [6.45, 7) is 5.90. The summed E-state index contributed by atoms with van der Waals surface area (Å²) in [5, 5.41) is 12.2. The molecule has 0 aliphatic rings. The lowest BCUT2D eigenvalue weighted by molar-refractivity contribution is -0.113. The van der Waals surface area contributed by atoms with Gasteiger partial charge in [0, 0.05) is 11.4 Å². The van der Waals surface area contributed by atoms with E-state index < -0.39 is 6.10 Å². The van der Waals surface area contributed by atoms with Gasteiger partial charge in [-0.3, -0.25) is 9.36 Å². The summed E-state index contributed by atoms with van der Waals surface area (Å²) < 4.78 is 21.1. The van der Waals surface area contributed by atoms with Gasteiger partial charge in [-0.2, -0.15) is 0 Å². The van der Waals surface area contributed by atoms with E-state index in [1.807, 2.05) is 73.9 Å². The predicted octanol–water partition coefficient (Wildman–Crippen LogP) is 5.89. The zero-order chi connectivity index (χ0) is 24.1. The van der Waals surface area contributed by atoms with Crippen molar-refractivity contribution in [3.05, 3.63) is 95.6 Å². The van der Waals surface area contributed by atoms with Crippen LogP contribution in [0.5, 0.6) is 5.75 Å². The Morgan fingerprint density at radius 3 is 2.47 bits per heavy atom. The van der Waals surface area contributed by atoms with Gasteiger partial charge in [-0.05, 0) is 80.4 Å². The molecule has 174 valence electrons. The number of nitrogens with zero attached hydrogens (tertiary/aromatic N) is 3. The van der Waals surface area contributed by atoms with Gasteiger partial charge in [0.1, 0.15) is 11.6 Å². The van der Waals surface area contributed by atoms with Crippen molar-refractivity contribution < 1.29 is 13.9 Å². The summed E-state index contributed by atoms with van der Waals surface area (Å²) in [5.74, 6) is 0.815. The number of thioether (sulfide) groups is 1. The molecule has 0 saturated heterocycles. The Hall–Kier alpha value is -3.65. The molecule has 0 fully saturated rings. The number of nitrogens with one attached hydrogen (secondary N) is 1. The number of hydrogen-bond acceptors (Lipinski definition) is 5. The molecular weight excluding hydrogens is 451 g/mol. The van der Waals surface area contributed by atoms with Crippen molar-refractivity contribution in [2.45, 2.75) is 32.0 Å². The molecule has 0 spiro atoms. The van der Waals surface area contributed by atoms with Crippen LogP contribution in [0.15, 0.2) is 78.0 Å². The molecule has 4 rings (SSSR count). The second kappa shape index (κ2) is 10.5. The highest BCUT2D eigenvalue weighted by molar-refractivity contribution is 7.99. The van der Waals surface area contributed by atoms with Crippen LogP contribution in [0.3, 0.4) is 0 Å². The van der Waals surface area contributed by atoms with E-state index in [9.17, 15) is 9.18 Å². The molecule has 1 aromatic heterocycles. The van der Waals surface area contributed by atoms with Crippen molar-refractivity contribution in [2.24, 2.45) is 0 Å². The zero-order valence-electron chi connectivity index (χ0n) is 19.2. The van der Waals surface area contributed by atoms with Crippen molar-refractivity contribution in [3.8, 4) is 11.4 Å². The molecule has 8 heteroatoms. The van der Waals surface area contributed by atoms with Crippen LogP contribution in [0.2, 0.25) is 0 Å². The first kappa shape index (κ1) is 23.5. The minimum absolute atomic E-state index is 0.131. The van der Waals surface area contributed by atoms with Gasteiger partial charge in [-0.1, -0.05) is 36.0 Å². The lowest BCUT2D eigenvalue weighted by Gasteiger charge is -2.16. The Labute approximate surface area is 202 Å². The van der Waals surface area contributed by atoms with Gasteiger partial charge in [0.25, 0.3) is 0 Å². The number of rotatable bonds is 8. The lowest BCUT2D eigenvalue weighted by atomic mass is 10.1. The van der Waals surface area contributed by atoms with Crippen LogP contribution >= 0.6 is 11.8 Å². The quantitative estimate of drug-likeness (QED) is 0.321. The molecule has 34 heavy (non-hydrogen) atoms. The van der Waals surface area contributed by atoms with E-state index in [0.717, 1.165) is 16.9 Å². The first-order valence-electron chi connectivity index (χ1n) is 10.8. The number of carbonyl (C=O) groups is 1. The maximum absolute atomic E-state index is 13.2. The molecule has 0 bridgehead atoms. The minimum Gasteiger partial charge on any atom is -0.483 e. The number of halogens is 1. The number of para-hydroxylation sites is 1. The molecule has 1 N–H and O–H groups in total. The third kappa shape index (κ3) is 5.63. The van der Waals surface area contributed by atoms with Gasteiger partial charge in [0.05, 0.1) is 5.75 Å². The fourth-order valence-electron chi connectivity index (χ4n) is 3.37. The second-order valence-electron chi connectivity index (χ2n) is 7.86. The first-order valence-corrected chi connectivity index (χ1v) is 11.8. The van der Waals surface area contributed by atoms with Crippen LogP contribution in [0.25, 0.3) is 5.69 Å². The van der Waals surface area contributed by atoms with Crippen molar-refractivity contribution in [3.63, 3.8) is 0 Å². The summed E-state index contributed by atoms with van der Waals surface area (Å²) in [4.78, 5) is 12.6. The van der Waals surface area contributed by atoms with Crippen LogP contribution < -0.4 is 10.1 Å². The number of aromatic nitrogens is 3. The number of aryl methyl sites for hydroxylation is 2. The number of hydrogen-bond donors (Lipinski definition) is 1. The van der Waals surface area contributed by atoms with Crippen LogP contribution in [-0.4, -0.2) is 26.4 Å². The summed E-state index contributed by atoms with van der Waals surface area (Å²) >= 11 is 1.30. The number of benzene rings is 3. The zero-order valence-corrected chi connectivity index (χ0v) is 20.0.